The summed E-state index contributed by atoms with van der Waals surface area (Å²) < 4.78 is 11.1. The summed E-state index contributed by atoms with van der Waals surface area (Å²) in [6, 6.07) is 0. The van der Waals surface area contributed by atoms with Gasteiger partial charge in [0.05, 0.1) is 0 Å². The number of aromatic nitrogens is 3. The summed E-state index contributed by atoms with van der Waals surface area (Å²) in [5, 5.41) is 2.94. The van der Waals surface area contributed by atoms with Crippen molar-refractivity contribution in [1.82, 2.24) is 15.0 Å². The minimum Gasteiger partial charge on any atom is -0.353 e. The van der Waals surface area contributed by atoms with Crippen LogP contribution in [0.5, 0.6) is 0 Å². The van der Waals surface area contributed by atoms with E-state index in [1.807, 2.05) is 6.92 Å². The van der Waals surface area contributed by atoms with Crippen LogP contribution in [0.15, 0.2) is 0 Å². The fourth-order valence-corrected chi connectivity index (χ4v) is 1.44. The van der Waals surface area contributed by atoms with Gasteiger partial charge in [-0.15, -0.1) is 0 Å². The second-order valence-corrected chi connectivity index (χ2v) is 5.37. The zero-order chi connectivity index (χ0) is 11.4. The van der Waals surface area contributed by atoms with E-state index < -0.39 is 10.8 Å². The van der Waals surface area contributed by atoms with E-state index in [0.717, 1.165) is 0 Å². The highest BCUT2D eigenvalue weighted by Crippen LogP contribution is 2.09. The minimum atomic E-state index is -0.894. The van der Waals surface area contributed by atoms with E-state index in [-0.39, 0.29) is 21.8 Å². The van der Waals surface area contributed by atoms with Gasteiger partial charge in [-0.25, -0.2) is 0 Å². The lowest BCUT2D eigenvalue weighted by Gasteiger charge is -2.09. The van der Waals surface area contributed by atoms with Crippen LogP contribution in [0.25, 0.3) is 0 Å². The second-order valence-electron chi connectivity index (χ2n) is 2.89. The first-order valence-corrected chi connectivity index (χ1v) is 6.50. The van der Waals surface area contributed by atoms with Gasteiger partial charge in [-0.1, -0.05) is 0 Å². The molecule has 1 aromatic heterocycles. The molecule has 0 aliphatic carbocycles. The van der Waals surface area contributed by atoms with Gasteiger partial charge in [-0.05, 0) is 30.1 Å². The van der Waals surface area contributed by atoms with Gasteiger partial charge in [-0.2, -0.15) is 15.0 Å². The number of rotatable bonds is 4. The fourth-order valence-electron chi connectivity index (χ4n) is 0.757. The fraction of sp³-hybridized carbons (Fsp3) is 0.571. The molecular formula is C7H10Cl2N4OS. The molecule has 0 aliphatic rings. The van der Waals surface area contributed by atoms with Crippen LogP contribution in [0.1, 0.15) is 6.92 Å². The Labute approximate surface area is 100 Å². The van der Waals surface area contributed by atoms with Gasteiger partial charge in [0.2, 0.25) is 16.5 Å². The average Bonchev–Trinajstić information content (AvgIpc) is 2.12. The molecule has 8 heteroatoms. The average molecular weight is 269 g/mol. The number of anilines is 1. The highest BCUT2D eigenvalue weighted by molar-refractivity contribution is 7.84. The molecule has 0 aliphatic heterocycles. The van der Waals surface area contributed by atoms with Gasteiger partial charge in [-0.3, -0.25) is 4.21 Å². The standard InChI is InChI=1S/C7H10Cl2N4OS/c1-4(15(2)14)3-10-7-12-5(8)11-6(9)13-7/h4H,3H2,1-2H3,(H,10,11,12,13). The number of nitrogens with zero attached hydrogens (tertiary/aromatic N) is 3. The number of hydrogen-bond donors (Lipinski definition) is 1. The van der Waals surface area contributed by atoms with Crippen molar-refractivity contribution < 1.29 is 4.21 Å². The SMILES string of the molecule is CC(CNc1nc(Cl)nc(Cl)n1)S(C)=O. The molecule has 2 unspecified atom stereocenters. The Hall–Kier alpha value is -0.460. The van der Waals surface area contributed by atoms with Gasteiger partial charge >= 0.3 is 0 Å². The molecule has 1 rings (SSSR count). The third-order valence-corrected chi connectivity index (χ3v) is 3.33. The van der Waals surface area contributed by atoms with Crippen LogP contribution in [-0.4, -0.2) is 37.2 Å². The highest BCUT2D eigenvalue weighted by atomic mass is 35.5. The molecule has 0 radical (unpaired) electrons. The van der Waals surface area contributed by atoms with Gasteiger partial charge in [0.1, 0.15) is 0 Å². The van der Waals surface area contributed by atoms with Gasteiger partial charge in [0, 0.05) is 28.9 Å². The molecule has 1 heterocycles. The highest BCUT2D eigenvalue weighted by Gasteiger charge is 2.08. The van der Waals surface area contributed by atoms with Crippen LogP contribution in [0, 0.1) is 0 Å². The summed E-state index contributed by atoms with van der Waals surface area (Å²) in [6.07, 6.45) is 1.64. The van der Waals surface area contributed by atoms with Crippen molar-refractivity contribution in [3.05, 3.63) is 10.6 Å². The van der Waals surface area contributed by atoms with Crippen LogP contribution >= 0.6 is 23.2 Å². The van der Waals surface area contributed by atoms with Crippen molar-refractivity contribution in [2.24, 2.45) is 0 Å². The normalized spacial score (nSPS) is 14.7. The summed E-state index contributed by atoms with van der Waals surface area (Å²) in [4.78, 5) is 11.2. The first-order valence-electron chi connectivity index (χ1n) is 4.12. The van der Waals surface area contributed by atoms with Gasteiger partial charge in [0.25, 0.3) is 0 Å². The van der Waals surface area contributed by atoms with E-state index in [9.17, 15) is 4.21 Å². The molecule has 0 saturated heterocycles. The lowest BCUT2D eigenvalue weighted by atomic mass is 10.5. The molecule has 15 heavy (non-hydrogen) atoms. The molecular weight excluding hydrogens is 259 g/mol. The summed E-state index contributed by atoms with van der Waals surface area (Å²) in [5.41, 5.74) is 0. The van der Waals surface area contributed by atoms with Crippen molar-refractivity contribution in [2.45, 2.75) is 12.2 Å². The van der Waals surface area contributed by atoms with Crippen LogP contribution in [-0.2, 0) is 10.8 Å². The monoisotopic (exact) mass is 268 g/mol. The first kappa shape index (κ1) is 12.6. The third-order valence-electron chi connectivity index (χ3n) is 1.70. The van der Waals surface area contributed by atoms with E-state index in [1.165, 1.54) is 0 Å². The maximum atomic E-state index is 11.1. The Bertz CT molecular complexity index is 356. The van der Waals surface area contributed by atoms with E-state index in [1.54, 1.807) is 6.26 Å². The summed E-state index contributed by atoms with van der Waals surface area (Å²) >= 11 is 11.2. The van der Waals surface area contributed by atoms with Crippen LogP contribution in [0.4, 0.5) is 5.95 Å². The number of hydrogen-bond acceptors (Lipinski definition) is 5. The van der Waals surface area contributed by atoms with E-state index in [2.05, 4.69) is 20.3 Å². The molecule has 0 bridgehead atoms. The molecule has 0 saturated carbocycles. The van der Waals surface area contributed by atoms with Crippen molar-refractivity contribution in [3.63, 3.8) is 0 Å². The summed E-state index contributed by atoms with van der Waals surface area (Å²) in [5.74, 6) is 0.289. The Morgan fingerprint density at radius 1 is 1.33 bits per heavy atom. The lowest BCUT2D eigenvalue weighted by molar-refractivity contribution is 0.678. The second kappa shape index (κ2) is 5.58. The Morgan fingerprint density at radius 2 is 1.87 bits per heavy atom. The Morgan fingerprint density at radius 3 is 2.33 bits per heavy atom. The summed E-state index contributed by atoms with van der Waals surface area (Å²) in [6.45, 7) is 2.34. The summed E-state index contributed by atoms with van der Waals surface area (Å²) in [7, 11) is -0.894. The van der Waals surface area contributed by atoms with Crippen molar-refractivity contribution in [1.29, 1.82) is 0 Å². The first-order chi connectivity index (χ1) is 6.99. The zero-order valence-corrected chi connectivity index (χ0v) is 10.5. The largest absolute Gasteiger partial charge is 0.353 e. The molecule has 1 N–H and O–H groups in total. The van der Waals surface area contributed by atoms with Crippen molar-refractivity contribution in [3.8, 4) is 0 Å². The van der Waals surface area contributed by atoms with Crippen LogP contribution in [0.3, 0.4) is 0 Å². The Kier molecular flexibility index (Phi) is 4.69. The predicted molar refractivity (Wildman–Crippen MR) is 61.9 cm³/mol. The van der Waals surface area contributed by atoms with E-state index in [4.69, 9.17) is 23.2 Å². The maximum absolute atomic E-state index is 11.1. The van der Waals surface area contributed by atoms with Crippen LogP contribution < -0.4 is 5.32 Å². The molecule has 0 aromatic carbocycles. The molecule has 0 spiro atoms. The van der Waals surface area contributed by atoms with Gasteiger partial charge < -0.3 is 5.32 Å². The smallest absolute Gasteiger partial charge is 0.228 e. The van der Waals surface area contributed by atoms with E-state index >= 15 is 0 Å². The molecule has 0 fully saturated rings. The van der Waals surface area contributed by atoms with Crippen LogP contribution in [0.2, 0.25) is 10.6 Å². The van der Waals surface area contributed by atoms with Gasteiger partial charge in [0.15, 0.2) is 0 Å². The predicted octanol–water partition coefficient (Wildman–Crippen LogP) is 1.36. The number of halogens is 2. The van der Waals surface area contributed by atoms with Crippen molar-refractivity contribution in [2.75, 3.05) is 18.1 Å². The third kappa shape index (κ3) is 4.27. The zero-order valence-electron chi connectivity index (χ0n) is 8.20. The maximum Gasteiger partial charge on any atom is 0.228 e. The topological polar surface area (TPSA) is 67.8 Å². The van der Waals surface area contributed by atoms with Crippen molar-refractivity contribution >= 4 is 39.9 Å². The molecule has 0 amide bonds. The lowest BCUT2D eigenvalue weighted by Crippen LogP contribution is -2.21. The number of nitrogens with one attached hydrogen (secondary N) is 1. The quantitative estimate of drug-likeness (QED) is 0.893. The minimum absolute atomic E-state index is 0.000633. The molecule has 84 valence electrons. The Balaban J connectivity index is 2.61. The molecule has 2 atom stereocenters. The van der Waals surface area contributed by atoms with E-state index in [0.29, 0.717) is 6.54 Å². The molecule has 5 nitrogen and oxygen atoms in total. The molecule has 1 aromatic rings.